The van der Waals surface area contributed by atoms with E-state index in [2.05, 4.69) is 29.6 Å². The molecule has 186 valence electrons. The maximum Gasteiger partial charge on any atom is 0.407 e. The normalized spacial score (nSPS) is 20.9. The highest BCUT2D eigenvalue weighted by molar-refractivity contribution is 5.87. The van der Waals surface area contributed by atoms with Gasteiger partial charge in [-0.3, -0.25) is 9.59 Å². The quantitative estimate of drug-likeness (QED) is 0.611. The molecule has 7 nitrogen and oxygen atoms in total. The Balaban J connectivity index is 1.44. The van der Waals surface area contributed by atoms with Gasteiger partial charge in [-0.2, -0.15) is 0 Å². The average molecular weight is 479 g/mol. The predicted octanol–water partition coefficient (Wildman–Crippen LogP) is 4.51. The molecular formula is C28H34N2O5. The van der Waals surface area contributed by atoms with Gasteiger partial charge in [0.15, 0.2) is 0 Å². The number of carbonyl (C=O) groups is 3. The summed E-state index contributed by atoms with van der Waals surface area (Å²) in [6.45, 7) is 6.65. The summed E-state index contributed by atoms with van der Waals surface area (Å²) in [4.78, 5) is 39.4. The fourth-order valence-corrected chi connectivity index (χ4v) is 5.36. The van der Waals surface area contributed by atoms with E-state index < -0.39 is 24.0 Å². The van der Waals surface area contributed by atoms with Crippen LogP contribution in [-0.2, 0) is 14.3 Å². The molecule has 4 rings (SSSR count). The number of likely N-dealkylation sites (tertiary alicyclic amines) is 1. The summed E-state index contributed by atoms with van der Waals surface area (Å²) >= 11 is 0. The smallest absolute Gasteiger partial charge is 0.407 e. The van der Waals surface area contributed by atoms with Gasteiger partial charge in [-0.05, 0) is 40.5 Å². The van der Waals surface area contributed by atoms with E-state index in [1.807, 2.05) is 45.0 Å². The van der Waals surface area contributed by atoms with Crippen LogP contribution in [0, 0.1) is 17.8 Å². The number of benzene rings is 2. The van der Waals surface area contributed by atoms with E-state index in [4.69, 9.17) is 4.74 Å². The Labute approximate surface area is 206 Å². The first kappa shape index (κ1) is 24.8. The minimum Gasteiger partial charge on any atom is -0.481 e. The van der Waals surface area contributed by atoms with Crippen molar-refractivity contribution in [3.8, 4) is 11.1 Å². The number of carboxylic acids is 1. The third-order valence-corrected chi connectivity index (χ3v) is 7.42. The summed E-state index contributed by atoms with van der Waals surface area (Å²) in [5.74, 6) is -1.83. The molecule has 2 aromatic carbocycles. The first-order valence-electron chi connectivity index (χ1n) is 12.4. The number of nitrogens with one attached hydrogen (secondary N) is 1. The fourth-order valence-electron chi connectivity index (χ4n) is 5.36. The van der Waals surface area contributed by atoms with E-state index in [0.717, 1.165) is 22.3 Å². The van der Waals surface area contributed by atoms with Crippen LogP contribution in [-0.4, -0.2) is 53.7 Å². The van der Waals surface area contributed by atoms with Gasteiger partial charge in [-0.25, -0.2) is 4.79 Å². The van der Waals surface area contributed by atoms with Gasteiger partial charge in [-0.15, -0.1) is 0 Å². The molecule has 0 radical (unpaired) electrons. The monoisotopic (exact) mass is 478 g/mol. The number of nitrogens with zero attached hydrogens (tertiary/aromatic N) is 1. The van der Waals surface area contributed by atoms with Crippen LogP contribution in [0.25, 0.3) is 11.1 Å². The van der Waals surface area contributed by atoms with Gasteiger partial charge >= 0.3 is 12.1 Å². The van der Waals surface area contributed by atoms with E-state index in [1.54, 1.807) is 4.90 Å². The van der Waals surface area contributed by atoms with Gasteiger partial charge in [0.05, 0.1) is 5.92 Å². The fraction of sp³-hybridized carbons (Fsp3) is 0.464. The number of piperidine rings is 1. The van der Waals surface area contributed by atoms with Crippen LogP contribution in [0.5, 0.6) is 0 Å². The number of rotatable bonds is 7. The lowest BCUT2D eigenvalue weighted by atomic mass is 9.89. The zero-order chi connectivity index (χ0) is 25.1. The standard InChI is InChI=1S/C28H34N2O5/c1-4-18(3)25(26(31)30-14-17(2)13-19(15-30)27(32)33)29-28(34)35-16-24-22-11-7-5-9-20(22)21-10-6-8-12-23(21)24/h5-12,17-19,24-25H,4,13-16H2,1-3H3,(H,29,34)(H,32,33). The largest absolute Gasteiger partial charge is 0.481 e. The van der Waals surface area contributed by atoms with Crippen LogP contribution in [0.4, 0.5) is 4.79 Å². The average Bonchev–Trinajstić information content (AvgIpc) is 3.18. The topological polar surface area (TPSA) is 95.9 Å². The van der Waals surface area contributed by atoms with Crippen LogP contribution in [0.1, 0.15) is 50.7 Å². The lowest BCUT2D eigenvalue weighted by molar-refractivity contribution is -0.147. The molecule has 4 unspecified atom stereocenters. The second kappa shape index (κ2) is 10.5. The molecule has 0 spiro atoms. The number of carbonyl (C=O) groups excluding carboxylic acids is 2. The van der Waals surface area contributed by atoms with Crippen molar-refractivity contribution in [2.24, 2.45) is 17.8 Å². The summed E-state index contributed by atoms with van der Waals surface area (Å²) in [5, 5.41) is 12.3. The van der Waals surface area contributed by atoms with E-state index in [1.165, 1.54) is 0 Å². The van der Waals surface area contributed by atoms with Crippen molar-refractivity contribution in [1.82, 2.24) is 10.2 Å². The molecule has 0 aromatic heterocycles. The molecule has 1 saturated heterocycles. The Morgan fingerprint density at radius 1 is 1.06 bits per heavy atom. The van der Waals surface area contributed by atoms with Gasteiger partial charge < -0.3 is 20.1 Å². The highest BCUT2D eigenvalue weighted by atomic mass is 16.5. The zero-order valence-electron chi connectivity index (χ0n) is 20.6. The van der Waals surface area contributed by atoms with Crippen LogP contribution >= 0.6 is 0 Å². The Morgan fingerprint density at radius 3 is 2.23 bits per heavy atom. The van der Waals surface area contributed by atoms with Gasteiger partial charge in [-0.1, -0.05) is 75.7 Å². The molecule has 0 bridgehead atoms. The van der Waals surface area contributed by atoms with Crippen molar-refractivity contribution < 1.29 is 24.2 Å². The van der Waals surface area contributed by atoms with Crippen molar-refractivity contribution in [3.05, 3.63) is 59.7 Å². The van der Waals surface area contributed by atoms with Gasteiger partial charge in [0.1, 0.15) is 12.6 Å². The highest BCUT2D eigenvalue weighted by Crippen LogP contribution is 2.44. The van der Waals surface area contributed by atoms with E-state index in [0.29, 0.717) is 19.4 Å². The summed E-state index contributed by atoms with van der Waals surface area (Å²) in [6.07, 6.45) is 0.601. The third kappa shape index (κ3) is 5.19. The molecule has 4 atom stereocenters. The molecule has 35 heavy (non-hydrogen) atoms. The maximum atomic E-state index is 13.4. The minimum absolute atomic E-state index is 0.0647. The predicted molar refractivity (Wildman–Crippen MR) is 133 cm³/mol. The number of ether oxygens (including phenoxy) is 1. The van der Waals surface area contributed by atoms with Crippen LogP contribution in [0.3, 0.4) is 0 Å². The van der Waals surface area contributed by atoms with Crippen LogP contribution in [0.15, 0.2) is 48.5 Å². The number of alkyl carbamates (subject to hydrolysis) is 1. The number of hydrogen-bond donors (Lipinski definition) is 2. The summed E-state index contributed by atoms with van der Waals surface area (Å²) in [6, 6.07) is 15.5. The van der Waals surface area contributed by atoms with Crippen molar-refractivity contribution in [2.45, 2.75) is 45.6 Å². The minimum atomic E-state index is -0.890. The number of carboxylic acid groups (broad SMARTS) is 1. The van der Waals surface area contributed by atoms with Crippen LogP contribution in [0.2, 0.25) is 0 Å². The molecule has 1 fully saturated rings. The summed E-state index contributed by atoms with van der Waals surface area (Å²) < 4.78 is 5.67. The molecular weight excluding hydrogens is 444 g/mol. The third-order valence-electron chi connectivity index (χ3n) is 7.42. The Hall–Kier alpha value is -3.35. The molecule has 7 heteroatoms. The maximum absolute atomic E-state index is 13.4. The molecule has 1 heterocycles. The lowest BCUT2D eigenvalue weighted by Gasteiger charge is -2.37. The van der Waals surface area contributed by atoms with Crippen molar-refractivity contribution in [2.75, 3.05) is 19.7 Å². The molecule has 2 aromatic rings. The van der Waals surface area contributed by atoms with Crippen molar-refractivity contribution >= 4 is 18.0 Å². The first-order chi connectivity index (χ1) is 16.8. The Morgan fingerprint density at radius 2 is 1.66 bits per heavy atom. The number of aliphatic carboxylic acids is 1. The molecule has 2 amide bonds. The van der Waals surface area contributed by atoms with Gasteiger partial charge in [0, 0.05) is 19.0 Å². The number of fused-ring (bicyclic) bond motifs is 3. The number of hydrogen-bond acceptors (Lipinski definition) is 4. The SMILES string of the molecule is CCC(C)C(NC(=O)OCC1c2ccccc2-c2ccccc21)C(=O)N1CC(C)CC(C(=O)O)C1. The Bertz CT molecular complexity index is 1050. The summed E-state index contributed by atoms with van der Waals surface area (Å²) in [7, 11) is 0. The molecule has 1 aliphatic carbocycles. The van der Waals surface area contributed by atoms with E-state index in [-0.39, 0.29) is 36.8 Å². The Kier molecular flexibility index (Phi) is 7.43. The first-order valence-corrected chi connectivity index (χ1v) is 12.4. The molecule has 2 N–H and O–H groups in total. The van der Waals surface area contributed by atoms with Crippen molar-refractivity contribution in [3.63, 3.8) is 0 Å². The second-order valence-corrected chi connectivity index (χ2v) is 9.95. The van der Waals surface area contributed by atoms with Crippen LogP contribution < -0.4 is 5.32 Å². The van der Waals surface area contributed by atoms with E-state index in [9.17, 15) is 19.5 Å². The molecule has 1 aliphatic heterocycles. The van der Waals surface area contributed by atoms with Crippen molar-refractivity contribution in [1.29, 1.82) is 0 Å². The highest BCUT2D eigenvalue weighted by Gasteiger charge is 2.37. The van der Waals surface area contributed by atoms with E-state index >= 15 is 0 Å². The van der Waals surface area contributed by atoms with Gasteiger partial charge in [0.2, 0.25) is 5.91 Å². The summed E-state index contributed by atoms with van der Waals surface area (Å²) in [5.41, 5.74) is 4.55. The number of amides is 2. The second-order valence-electron chi connectivity index (χ2n) is 9.95. The lowest BCUT2D eigenvalue weighted by Crippen LogP contribution is -2.55. The molecule has 2 aliphatic rings. The van der Waals surface area contributed by atoms with Gasteiger partial charge in [0.25, 0.3) is 0 Å². The zero-order valence-corrected chi connectivity index (χ0v) is 20.6. The molecule has 0 saturated carbocycles.